The van der Waals surface area contributed by atoms with Crippen LogP contribution in [0.3, 0.4) is 0 Å². The van der Waals surface area contributed by atoms with Gasteiger partial charge in [0.05, 0.1) is 16.6 Å². The minimum Gasteiger partial charge on any atom is -0.355 e. The molecular formula is C21H23FN2O4S. The Bertz CT molecular complexity index is 1040. The molecule has 2 aromatic rings. The Balaban J connectivity index is 1.57. The number of benzene rings is 2. The Kier molecular flexibility index (Phi) is 6.02. The molecule has 0 aromatic heterocycles. The maximum atomic E-state index is 13.0. The fourth-order valence-corrected chi connectivity index (χ4v) is 4.59. The highest BCUT2D eigenvalue weighted by atomic mass is 32.2. The lowest BCUT2D eigenvalue weighted by Crippen LogP contribution is -2.35. The zero-order valence-corrected chi connectivity index (χ0v) is 17.1. The van der Waals surface area contributed by atoms with E-state index in [4.69, 9.17) is 0 Å². The van der Waals surface area contributed by atoms with Crippen LogP contribution in [-0.2, 0) is 19.4 Å². The SMILES string of the molecule is Cc1ccc(N2CC(C(=O)NCCS(=O)(=O)c3ccc(F)cc3)CC2=O)c(C)c1. The smallest absolute Gasteiger partial charge is 0.227 e. The summed E-state index contributed by atoms with van der Waals surface area (Å²) in [5, 5.41) is 2.61. The van der Waals surface area contributed by atoms with E-state index in [1.807, 2.05) is 32.0 Å². The third-order valence-corrected chi connectivity index (χ3v) is 6.71. The summed E-state index contributed by atoms with van der Waals surface area (Å²) in [6, 6.07) is 10.3. The molecule has 0 bridgehead atoms. The van der Waals surface area contributed by atoms with Gasteiger partial charge in [-0.05, 0) is 49.7 Å². The van der Waals surface area contributed by atoms with Crippen molar-refractivity contribution in [1.82, 2.24) is 5.32 Å². The van der Waals surface area contributed by atoms with E-state index in [1.165, 1.54) is 12.1 Å². The van der Waals surface area contributed by atoms with E-state index in [9.17, 15) is 22.4 Å². The van der Waals surface area contributed by atoms with Crippen molar-refractivity contribution >= 4 is 27.3 Å². The van der Waals surface area contributed by atoms with E-state index >= 15 is 0 Å². The van der Waals surface area contributed by atoms with Crippen LogP contribution in [0, 0.1) is 25.6 Å². The van der Waals surface area contributed by atoms with Crippen molar-refractivity contribution in [3.05, 3.63) is 59.4 Å². The largest absolute Gasteiger partial charge is 0.355 e. The summed E-state index contributed by atoms with van der Waals surface area (Å²) in [5.74, 6) is -1.82. The fourth-order valence-electron chi connectivity index (χ4n) is 3.44. The fraction of sp³-hybridized carbons (Fsp3) is 0.333. The van der Waals surface area contributed by atoms with Gasteiger partial charge in [-0.25, -0.2) is 12.8 Å². The molecule has 1 aliphatic heterocycles. The maximum Gasteiger partial charge on any atom is 0.227 e. The quantitative estimate of drug-likeness (QED) is 0.730. The first-order valence-electron chi connectivity index (χ1n) is 9.31. The molecule has 1 N–H and O–H groups in total. The molecule has 3 rings (SSSR count). The first kappa shape index (κ1) is 21.0. The number of rotatable bonds is 6. The molecule has 2 amide bonds. The number of anilines is 1. The molecule has 8 heteroatoms. The number of amides is 2. The van der Waals surface area contributed by atoms with E-state index in [-0.39, 0.29) is 42.0 Å². The first-order valence-corrected chi connectivity index (χ1v) is 11.0. The van der Waals surface area contributed by atoms with Gasteiger partial charge in [0, 0.05) is 25.2 Å². The summed E-state index contributed by atoms with van der Waals surface area (Å²) in [6.07, 6.45) is 0.0872. The van der Waals surface area contributed by atoms with Crippen LogP contribution in [0.25, 0.3) is 0 Å². The van der Waals surface area contributed by atoms with Gasteiger partial charge in [-0.2, -0.15) is 0 Å². The molecule has 154 valence electrons. The van der Waals surface area contributed by atoms with Crippen molar-refractivity contribution in [3.63, 3.8) is 0 Å². The van der Waals surface area contributed by atoms with Gasteiger partial charge in [-0.15, -0.1) is 0 Å². The second kappa shape index (κ2) is 8.32. The molecule has 29 heavy (non-hydrogen) atoms. The number of hydrogen-bond donors (Lipinski definition) is 1. The van der Waals surface area contributed by atoms with E-state index in [1.54, 1.807) is 4.90 Å². The Hall–Kier alpha value is -2.74. The summed E-state index contributed by atoms with van der Waals surface area (Å²) in [6.45, 7) is 4.08. The van der Waals surface area contributed by atoms with Crippen LogP contribution in [-0.4, -0.2) is 39.1 Å². The monoisotopic (exact) mass is 418 g/mol. The van der Waals surface area contributed by atoms with Gasteiger partial charge in [0.15, 0.2) is 9.84 Å². The van der Waals surface area contributed by atoms with Gasteiger partial charge in [0.2, 0.25) is 11.8 Å². The molecule has 2 aromatic carbocycles. The lowest BCUT2D eigenvalue weighted by atomic mass is 10.1. The zero-order chi connectivity index (χ0) is 21.2. The number of nitrogens with zero attached hydrogens (tertiary/aromatic N) is 1. The summed E-state index contributed by atoms with van der Waals surface area (Å²) in [5.41, 5.74) is 2.84. The number of aryl methyl sites for hydroxylation is 2. The van der Waals surface area contributed by atoms with Gasteiger partial charge in [0.1, 0.15) is 5.82 Å². The van der Waals surface area contributed by atoms with Gasteiger partial charge in [0.25, 0.3) is 0 Å². The number of nitrogens with one attached hydrogen (secondary N) is 1. The standard InChI is InChI=1S/C21H23FN2O4S/c1-14-3-8-19(15(2)11-14)24-13-16(12-20(24)25)21(26)23-9-10-29(27,28)18-6-4-17(22)5-7-18/h3-8,11,16H,9-10,12-13H2,1-2H3,(H,23,26). The number of sulfone groups is 1. The Labute approximate surface area is 169 Å². The molecule has 1 aliphatic rings. The molecule has 0 spiro atoms. The Morgan fingerprint density at radius 1 is 1.17 bits per heavy atom. The zero-order valence-electron chi connectivity index (χ0n) is 16.3. The predicted octanol–water partition coefficient (Wildman–Crippen LogP) is 2.39. The van der Waals surface area contributed by atoms with Crippen molar-refractivity contribution < 1.29 is 22.4 Å². The second-order valence-electron chi connectivity index (χ2n) is 7.26. The molecule has 6 nitrogen and oxygen atoms in total. The normalized spacial score (nSPS) is 16.9. The number of halogens is 1. The summed E-state index contributed by atoms with van der Waals surface area (Å²) >= 11 is 0. The highest BCUT2D eigenvalue weighted by Crippen LogP contribution is 2.28. The summed E-state index contributed by atoms with van der Waals surface area (Å²) in [4.78, 5) is 26.4. The van der Waals surface area contributed by atoms with Crippen LogP contribution in [0.4, 0.5) is 10.1 Å². The van der Waals surface area contributed by atoms with Gasteiger partial charge < -0.3 is 10.2 Å². The minimum atomic E-state index is -3.63. The third kappa shape index (κ3) is 4.82. The Morgan fingerprint density at radius 3 is 2.52 bits per heavy atom. The molecule has 1 fully saturated rings. The maximum absolute atomic E-state index is 13.0. The van der Waals surface area contributed by atoms with E-state index in [2.05, 4.69) is 5.32 Å². The number of hydrogen-bond acceptors (Lipinski definition) is 4. The van der Waals surface area contributed by atoms with Gasteiger partial charge in [-0.3, -0.25) is 9.59 Å². The third-order valence-electron chi connectivity index (χ3n) is 4.98. The molecule has 0 saturated carbocycles. The number of carbonyl (C=O) groups excluding carboxylic acids is 2. The van der Waals surface area contributed by atoms with Crippen molar-refractivity contribution in [1.29, 1.82) is 0 Å². The lowest BCUT2D eigenvalue weighted by Gasteiger charge is -2.19. The topological polar surface area (TPSA) is 83.6 Å². The summed E-state index contributed by atoms with van der Waals surface area (Å²) in [7, 11) is -3.63. The lowest BCUT2D eigenvalue weighted by molar-refractivity contribution is -0.126. The van der Waals surface area contributed by atoms with Crippen molar-refractivity contribution in [2.45, 2.75) is 25.2 Å². The molecule has 1 unspecified atom stereocenters. The van der Waals surface area contributed by atoms with Crippen LogP contribution >= 0.6 is 0 Å². The van der Waals surface area contributed by atoms with Crippen LogP contribution in [0.2, 0.25) is 0 Å². The van der Waals surface area contributed by atoms with E-state index in [0.717, 1.165) is 28.9 Å². The highest BCUT2D eigenvalue weighted by Gasteiger charge is 2.35. The highest BCUT2D eigenvalue weighted by molar-refractivity contribution is 7.91. The van der Waals surface area contributed by atoms with Crippen LogP contribution in [0.15, 0.2) is 47.4 Å². The van der Waals surface area contributed by atoms with E-state index in [0.29, 0.717) is 0 Å². The van der Waals surface area contributed by atoms with Gasteiger partial charge >= 0.3 is 0 Å². The van der Waals surface area contributed by atoms with Crippen molar-refractivity contribution in [2.75, 3.05) is 23.7 Å². The predicted molar refractivity (Wildman–Crippen MR) is 108 cm³/mol. The Morgan fingerprint density at radius 2 is 1.86 bits per heavy atom. The number of carbonyl (C=O) groups is 2. The molecule has 1 heterocycles. The van der Waals surface area contributed by atoms with Gasteiger partial charge in [-0.1, -0.05) is 17.7 Å². The van der Waals surface area contributed by atoms with Crippen LogP contribution < -0.4 is 10.2 Å². The average molecular weight is 418 g/mol. The molecule has 0 radical (unpaired) electrons. The van der Waals surface area contributed by atoms with Crippen molar-refractivity contribution in [2.24, 2.45) is 5.92 Å². The van der Waals surface area contributed by atoms with E-state index < -0.39 is 21.6 Å². The average Bonchev–Trinajstić information content (AvgIpc) is 3.03. The second-order valence-corrected chi connectivity index (χ2v) is 9.37. The summed E-state index contributed by atoms with van der Waals surface area (Å²) < 4.78 is 37.5. The molecule has 1 atom stereocenters. The van der Waals surface area contributed by atoms with Crippen LogP contribution in [0.1, 0.15) is 17.5 Å². The first-order chi connectivity index (χ1) is 13.7. The molecular weight excluding hydrogens is 395 g/mol. The van der Waals surface area contributed by atoms with Crippen LogP contribution in [0.5, 0.6) is 0 Å². The molecule has 0 aliphatic carbocycles. The minimum absolute atomic E-state index is 0.00483. The van der Waals surface area contributed by atoms with Crippen molar-refractivity contribution in [3.8, 4) is 0 Å². The molecule has 1 saturated heterocycles.